The standard InChI is InChI=1S/C25H29N3O3/c1-4-28-24(29)22(18-7-13-21(14-8-18)31-17(2)3)23(25(28)30)26-19-9-11-20(12-10-19)27-15-5-6-16-27/h7-14,17,26H,4-6,15-16H2,1-3H3. The zero-order chi connectivity index (χ0) is 22.0. The molecule has 0 saturated carbocycles. The van der Waals surface area contributed by atoms with Crippen molar-refractivity contribution in [3.63, 3.8) is 0 Å². The zero-order valence-corrected chi connectivity index (χ0v) is 18.4. The van der Waals surface area contributed by atoms with Crippen LogP contribution in [-0.2, 0) is 9.59 Å². The fourth-order valence-electron chi connectivity index (χ4n) is 4.09. The average molecular weight is 420 g/mol. The summed E-state index contributed by atoms with van der Waals surface area (Å²) in [6, 6.07) is 15.4. The highest BCUT2D eigenvalue weighted by atomic mass is 16.5. The second kappa shape index (κ2) is 8.84. The number of likely N-dealkylation sites (N-methyl/N-ethyl adjacent to an activating group) is 1. The molecular weight excluding hydrogens is 390 g/mol. The van der Waals surface area contributed by atoms with Crippen LogP contribution in [0, 0.1) is 0 Å². The molecule has 2 aromatic rings. The number of rotatable bonds is 7. The van der Waals surface area contributed by atoms with Gasteiger partial charge >= 0.3 is 0 Å². The smallest absolute Gasteiger partial charge is 0.278 e. The van der Waals surface area contributed by atoms with Gasteiger partial charge in [-0.2, -0.15) is 0 Å². The number of ether oxygens (including phenoxy) is 1. The summed E-state index contributed by atoms with van der Waals surface area (Å²) in [4.78, 5) is 29.6. The van der Waals surface area contributed by atoms with Crippen molar-refractivity contribution >= 4 is 28.8 Å². The van der Waals surface area contributed by atoms with E-state index in [0.29, 0.717) is 23.4 Å². The van der Waals surface area contributed by atoms with Crippen LogP contribution < -0.4 is 15.0 Å². The molecule has 6 heteroatoms. The van der Waals surface area contributed by atoms with Crippen molar-refractivity contribution in [2.75, 3.05) is 29.9 Å². The minimum absolute atomic E-state index is 0.0658. The third-order valence-electron chi connectivity index (χ3n) is 5.61. The average Bonchev–Trinajstić information content (AvgIpc) is 3.37. The van der Waals surface area contributed by atoms with Gasteiger partial charge < -0.3 is 15.0 Å². The van der Waals surface area contributed by atoms with Crippen molar-refractivity contribution in [2.24, 2.45) is 0 Å². The Morgan fingerprint density at radius 1 is 0.935 bits per heavy atom. The molecule has 0 atom stereocenters. The van der Waals surface area contributed by atoms with Gasteiger partial charge in [-0.05, 0) is 75.6 Å². The van der Waals surface area contributed by atoms with Crippen LogP contribution in [-0.4, -0.2) is 42.5 Å². The lowest BCUT2D eigenvalue weighted by Gasteiger charge is -2.18. The lowest BCUT2D eigenvalue weighted by Crippen LogP contribution is -2.32. The number of carbonyl (C=O) groups is 2. The summed E-state index contributed by atoms with van der Waals surface area (Å²) in [5.41, 5.74) is 3.38. The normalized spacial score (nSPS) is 16.6. The maximum absolute atomic E-state index is 13.0. The molecule has 2 heterocycles. The van der Waals surface area contributed by atoms with Crippen LogP contribution in [0.4, 0.5) is 11.4 Å². The minimum Gasteiger partial charge on any atom is -0.491 e. The summed E-state index contributed by atoms with van der Waals surface area (Å²) >= 11 is 0. The number of nitrogens with zero attached hydrogens (tertiary/aromatic N) is 2. The molecule has 1 N–H and O–H groups in total. The highest BCUT2D eigenvalue weighted by Crippen LogP contribution is 2.32. The Hall–Kier alpha value is -3.28. The van der Waals surface area contributed by atoms with Gasteiger partial charge in [0.1, 0.15) is 11.4 Å². The third kappa shape index (κ3) is 4.29. The van der Waals surface area contributed by atoms with Crippen LogP contribution in [0.2, 0.25) is 0 Å². The van der Waals surface area contributed by atoms with Crippen LogP contribution in [0.3, 0.4) is 0 Å². The quantitative estimate of drug-likeness (QED) is 0.679. The number of carbonyl (C=O) groups excluding carboxylic acids is 2. The number of benzene rings is 2. The number of hydrogen-bond acceptors (Lipinski definition) is 5. The highest BCUT2D eigenvalue weighted by Gasteiger charge is 2.38. The summed E-state index contributed by atoms with van der Waals surface area (Å²) in [5, 5.41) is 3.22. The van der Waals surface area contributed by atoms with Gasteiger partial charge in [-0.15, -0.1) is 0 Å². The van der Waals surface area contributed by atoms with Gasteiger partial charge in [0.25, 0.3) is 11.8 Å². The molecule has 6 nitrogen and oxygen atoms in total. The maximum Gasteiger partial charge on any atom is 0.278 e. The molecule has 2 aliphatic rings. The number of hydrogen-bond donors (Lipinski definition) is 1. The van der Waals surface area contributed by atoms with Gasteiger partial charge in [-0.25, -0.2) is 0 Å². The van der Waals surface area contributed by atoms with E-state index in [2.05, 4.69) is 22.3 Å². The monoisotopic (exact) mass is 419 g/mol. The van der Waals surface area contributed by atoms with Crippen molar-refractivity contribution in [3.8, 4) is 5.75 Å². The van der Waals surface area contributed by atoms with E-state index < -0.39 is 0 Å². The molecule has 4 rings (SSSR count). The molecule has 0 spiro atoms. The fraction of sp³-hybridized carbons (Fsp3) is 0.360. The molecule has 0 aliphatic carbocycles. The molecule has 2 aliphatic heterocycles. The first-order valence-electron chi connectivity index (χ1n) is 11.0. The summed E-state index contributed by atoms with van der Waals surface area (Å²) in [6.07, 6.45) is 2.51. The third-order valence-corrected chi connectivity index (χ3v) is 5.61. The molecule has 0 bridgehead atoms. The van der Waals surface area contributed by atoms with Gasteiger partial charge in [0.15, 0.2) is 0 Å². The van der Waals surface area contributed by atoms with Crippen molar-refractivity contribution in [3.05, 3.63) is 59.8 Å². The Balaban J connectivity index is 1.63. The molecule has 2 amide bonds. The first-order valence-corrected chi connectivity index (χ1v) is 11.0. The molecular formula is C25H29N3O3. The summed E-state index contributed by atoms with van der Waals surface area (Å²) < 4.78 is 5.70. The van der Waals surface area contributed by atoms with Gasteiger partial charge in [-0.3, -0.25) is 14.5 Å². The van der Waals surface area contributed by atoms with Crippen molar-refractivity contribution < 1.29 is 14.3 Å². The minimum atomic E-state index is -0.298. The summed E-state index contributed by atoms with van der Waals surface area (Å²) in [6.45, 7) is 8.22. The first-order chi connectivity index (χ1) is 15.0. The predicted octanol–water partition coefficient (Wildman–Crippen LogP) is 4.29. The first kappa shape index (κ1) is 21.0. The van der Waals surface area contributed by atoms with Crippen LogP contribution in [0.1, 0.15) is 39.2 Å². The van der Waals surface area contributed by atoms with E-state index in [1.54, 1.807) is 6.92 Å². The summed E-state index contributed by atoms with van der Waals surface area (Å²) in [5.74, 6) is 0.158. The lowest BCUT2D eigenvalue weighted by molar-refractivity contribution is -0.136. The molecule has 31 heavy (non-hydrogen) atoms. The predicted molar refractivity (Wildman–Crippen MR) is 123 cm³/mol. The Labute approximate surface area is 183 Å². The largest absolute Gasteiger partial charge is 0.491 e. The van der Waals surface area contributed by atoms with E-state index >= 15 is 0 Å². The zero-order valence-electron chi connectivity index (χ0n) is 18.4. The number of amides is 2. The number of imide groups is 1. The van der Waals surface area contributed by atoms with Crippen LogP contribution in [0.25, 0.3) is 5.57 Å². The van der Waals surface area contributed by atoms with Gasteiger partial charge in [-0.1, -0.05) is 12.1 Å². The number of nitrogens with one attached hydrogen (secondary N) is 1. The Morgan fingerprint density at radius 3 is 2.16 bits per heavy atom. The Bertz CT molecular complexity index is 988. The van der Waals surface area contributed by atoms with E-state index in [9.17, 15) is 9.59 Å². The van der Waals surface area contributed by atoms with Gasteiger partial charge in [0.05, 0.1) is 11.7 Å². The van der Waals surface area contributed by atoms with Gasteiger partial charge in [0.2, 0.25) is 0 Å². The molecule has 2 aromatic carbocycles. The van der Waals surface area contributed by atoms with Crippen molar-refractivity contribution in [1.29, 1.82) is 0 Å². The highest BCUT2D eigenvalue weighted by molar-refractivity contribution is 6.36. The molecule has 0 aromatic heterocycles. The van der Waals surface area contributed by atoms with Crippen molar-refractivity contribution in [1.82, 2.24) is 4.90 Å². The van der Waals surface area contributed by atoms with E-state index in [0.717, 1.165) is 24.5 Å². The van der Waals surface area contributed by atoms with E-state index in [1.807, 2.05) is 50.2 Å². The van der Waals surface area contributed by atoms with Crippen LogP contribution >= 0.6 is 0 Å². The van der Waals surface area contributed by atoms with Crippen LogP contribution in [0.5, 0.6) is 5.75 Å². The van der Waals surface area contributed by atoms with Gasteiger partial charge in [0, 0.05) is 31.0 Å². The second-order valence-corrected chi connectivity index (χ2v) is 8.16. The number of anilines is 2. The van der Waals surface area contributed by atoms with E-state index in [1.165, 1.54) is 23.4 Å². The SMILES string of the molecule is CCN1C(=O)C(Nc2ccc(N3CCCC3)cc2)=C(c2ccc(OC(C)C)cc2)C1=O. The molecule has 0 unspecified atom stereocenters. The van der Waals surface area contributed by atoms with E-state index in [-0.39, 0.29) is 17.9 Å². The second-order valence-electron chi connectivity index (χ2n) is 8.16. The molecule has 162 valence electrons. The Kier molecular flexibility index (Phi) is 5.98. The molecule has 0 radical (unpaired) electrons. The molecule has 1 fully saturated rings. The summed E-state index contributed by atoms with van der Waals surface area (Å²) in [7, 11) is 0. The molecule has 1 saturated heterocycles. The topological polar surface area (TPSA) is 61.9 Å². The van der Waals surface area contributed by atoms with E-state index in [4.69, 9.17) is 4.74 Å². The Morgan fingerprint density at radius 2 is 1.58 bits per heavy atom. The fourth-order valence-corrected chi connectivity index (χ4v) is 4.09. The van der Waals surface area contributed by atoms with Crippen molar-refractivity contribution in [2.45, 2.75) is 39.7 Å². The van der Waals surface area contributed by atoms with Crippen LogP contribution in [0.15, 0.2) is 54.2 Å². The lowest BCUT2D eigenvalue weighted by atomic mass is 10.0. The maximum atomic E-state index is 13.0.